The van der Waals surface area contributed by atoms with Crippen molar-refractivity contribution in [1.29, 1.82) is 0 Å². The first-order chi connectivity index (χ1) is 10.2. The van der Waals surface area contributed by atoms with E-state index in [1.54, 1.807) is 6.07 Å². The molecule has 125 valence electrons. The van der Waals surface area contributed by atoms with Gasteiger partial charge in [0, 0.05) is 5.39 Å². The first kappa shape index (κ1) is 17.6. The Hall–Kier alpha value is -1.77. The van der Waals surface area contributed by atoms with Crippen molar-refractivity contribution < 1.29 is 44.0 Å². The van der Waals surface area contributed by atoms with Crippen LogP contribution in [-0.2, 0) is 30.4 Å². The molecule has 0 amide bonds. The molecule has 1 radical (unpaired) electrons. The Morgan fingerprint density at radius 2 is 1.35 bits per heavy atom. The van der Waals surface area contributed by atoms with Crippen LogP contribution in [0.1, 0.15) is 0 Å². The van der Waals surface area contributed by atoms with Gasteiger partial charge in [-0.1, -0.05) is 0 Å². The van der Waals surface area contributed by atoms with Gasteiger partial charge in [0.15, 0.2) is 0 Å². The predicted molar refractivity (Wildman–Crippen MR) is 73.9 cm³/mol. The first-order valence-corrected chi connectivity index (χ1v) is 9.69. The molecule has 0 spiro atoms. The molecule has 4 N–H and O–H groups in total. The van der Waals surface area contributed by atoms with Gasteiger partial charge in [0.2, 0.25) is 0 Å². The summed E-state index contributed by atoms with van der Waals surface area (Å²) in [6, 6.07) is 3.41. The Morgan fingerprint density at radius 3 is 1.78 bits per heavy atom. The molecule has 0 saturated carbocycles. The lowest BCUT2D eigenvalue weighted by Crippen LogP contribution is -2.05. The molecule has 10 nitrogen and oxygen atoms in total. The molecular weight excluding hydrogens is 376 g/mol. The van der Waals surface area contributed by atoms with Gasteiger partial charge < -0.3 is 5.11 Å². The molecule has 0 heterocycles. The van der Waals surface area contributed by atoms with Gasteiger partial charge in [-0.25, -0.2) is 0 Å². The Kier molecular flexibility index (Phi) is 3.91. The van der Waals surface area contributed by atoms with E-state index < -0.39 is 61.6 Å². The maximum Gasteiger partial charge on any atom is 0.295 e. The standard InChI is InChI=1S/C10H7O10S3/c11-8-3-6(21(12,13)14)1-5-2-7(22(15,16)17)4-9(10(5)8)23(18,19)20/h1-2,4,11H,(H,12,13,14)(H,15,16,17)(H,18,19,20). The van der Waals surface area contributed by atoms with Gasteiger partial charge in [0.25, 0.3) is 30.4 Å². The first-order valence-electron chi connectivity index (χ1n) is 5.37. The number of benzene rings is 2. The summed E-state index contributed by atoms with van der Waals surface area (Å²) >= 11 is 0. The maximum absolute atomic E-state index is 11.3. The van der Waals surface area contributed by atoms with Gasteiger partial charge in [-0.15, -0.1) is 0 Å². The molecule has 0 aliphatic rings. The third kappa shape index (κ3) is 3.44. The van der Waals surface area contributed by atoms with E-state index in [-0.39, 0.29) is 0 Å². The van der Waals surface area contributed by atoms with Crippen LogP contribution >= 0.6 is 0 Å². The summed E-state index contributed by atoms with van der Waals surface area (Å²) < 4.78 is 94.2. The minimum atomic E-state index is -5.05. The molecule has 0 aliphatic heterocycles. The van der Waals surface area contributed by atoms with E-state index in [1.165, 1.54) is 0 Å². The van der Waals surface area contributed by atoms with E-state index in [4.69, 9.17) is 13.7 Å². The molecule has 0 fully saturated rings. The lowest BCUT2D eigenvalue weighted by Gasteiger charge is -2.09. The van der Waals surface area contributed by atoms with Crippen LogP contribution in [0, 0.1) is 6.07 Å². The van der Waals surface area contributed by atoms with Crippen molar-refractivity contribution in [1.82, 2.24) is 0 Å². The zero-order chi connectivity index (χ0) is 17.8. The number of aromatic hydroxyl groups is 1. The Labute approximate surface area is 130 Å². The average molecular weight is 383 g/mol. The van der Waals surface area contributed by atoms with Crippen LogP contribution < -0.4 is 0 Å². The van der Waals surface area contributed by atoms with Gasteiger partial charge in [0.05, 0.1) is 11.0 Å². The maximum atomic E-state index is 11.3. The van der Waals surface area contributed by atoms with Gasteiger partial charge in [-0.3, -0.25) is 13.7 Å². The van der Waals surface area contributed by atoms with Gasteiger partial charge in [-0.05, 0) is 23.6 Å². The summed E-state index contributed by atoms with van der Waals surface area (Å²) in [5, 5.41) is 8.59. The molecule has 2 aromatic rings. The van der Waals surface area contributed by atoms with E-state index in [9.17, 15) is 30.4 Å². The van der Waals surface area contributed by atoms with Crippen molar-refractivity contribution in [3.05, 3.63) is 24.3 Å². The third-order valence-electron chi connectivity index (χ3n) is 2.72. The highest BCUT2D eigenvalue weighted by atomic mass is 32.2. The van der Waals surface area contributed by atoms with Gasteiger partial charge >= 0.3 is 0 Å². The summed E-state index contributed by atoms with van der Waals surface area (Å²) in [5.74, 6) is -1.08. The second kappa shape index (κ2) is 5.12. The molecule has 23 heavy (non-hydrogen) atoms. The Bertz CT molecular complexity index is 1120. The molecule has 0 unspecified atom stereocenters. The second-order valence-electron chi connectivity index (χ2n) is 4.29. The van der Waals surface area contributed by atoms with Crippen molar-refractivity contribution in [2.24, 2.45) is 0 Å². The second-order valence-corrected chi connectivity index (χ2v) is 8.49. The van der Waals surface area contributed by atoms with Gasteiger partial charge in [0.1, 0.15) is 15.5 Å². The molecule has 0 atom stereocenters. The minimum absolute atomic E-state index is 0.369. The fourth-order valence-electron chi connectivity index (χ4n) is 1.83. The summed E-state index contributed by atoms with van der Waals surface area (Å²) in [6.07, 6.45) is 0. The molecule has 0 saturated heterocycles. The Balaban J connectivity index is 3.12. The lowest BCUT2D eigenvalue weighted by atomic mass is 10.1. The van der Waals surface area contributed by atoms with E-state index in [0.29, 0.717) is 18.2 Å². The fourth-order valence-corrected chi connectivity index (χ4v) is 3.69. The van der Waals surface area contributed by atoms with E-state index in [0.717, 1.165) is 0 Å². The van der Waals surface area contributed by atoms with Crippen molar-refractivity contribution in [2.75, 3.05) is 0 Å². The Morgan fingerprint density at radius 1 is 0.783 bits per heavy atom. The molecule has 0 aliphatic carbocycles. The molecule has 2 aromatic carbocycles. The largest absolute Gasteiger partial charge is 0.507 e. The SMILES string of the molecule is O=S(=O)(O)c1[c]c(O)c2c(S(=O)(=O)O)cc(S(=O)(=O)O)cc2c1. The predicted octanol–water partition coefficient (Wildman–Crippen LogP) is 0.0857. The monoisotopic (exact) mass is 383 g/mol. The van der Waals surface area contributed by atoms with Crippen LogP contribution in [0.25, 0.3) is 10.8 Å². The molecule has 0 aromatic heterocycles. The zero-order valence-electron chi connectivity index (χ0n) is 10.7. The van der Waals surface area contributed by atoms with E-state index >= 15 is 0 Å². The molecule has 2 rings (SSSR count). The van der Waals surface area contributed by atoms with Crippen LogP contribution in [0.15, 0.2) is 32.9 Å². The highest BCUT2D eigenvalue weighted by Crippen LogP contribution is 2.35. The van der Waals surface area contributed by atoms with Crippen molar-refractivity contribution >= 4 is 41.1 Å². The van der Waals surface area contributed by atoms with Gasteiger partial charge in [-0.2, -0.15) is 25.3 Å². The number of hydrogen-bond acceptors (Lipinski definition) is 7. The highest BCUT2D eigenvalue weighted by Gasteiger charge is 2.24. The topological polar surface area (TPSA) is 183 Å². The zero-order valence-corrected chi connectivity index (χ0v) is 13.1. The summed E-state index contributed by atoms with van der Waals surface area (Å²) in [4.78, 5) is -3.06. The van der Waals surface area contributed by atoms with Crippen LogP contribution in [0.4, 0.5) is 0 Å². The normalized spacial score (nSPS) is 13.3. The summed E-state index contributed by atoms with van der Waals surface area (Å²) in [7, 11) is -14.8. The van der Waals surface area contributed by atoms with E-state index in [1.807, 2.05) is 0 Å². The summed E-state index contributed by atoms with van der Waals surface area (Å²) in [6.45, 7) is 0. The average Bonchev–Trinajstić information content (AvgIpc) is 2.33. The third-order valence-corrected chi connectivity index (χ3v) is 5.21. The lowest BCUT2D eigenvalue weighted by molar-refractivity contribution is 0.467. The number of phenols is 1. The van der Waals surface area contributed by atoms with Crippen molar-refractivity contribution in [3.8, 4) is 5.75 Å². The van der Waals surface area contributed by atoms with E-state index in [2.05, 4.69) is 0 Å². The number of hydrogen-bond donors (Lipinski definition) is 4. The minimum Gasteiger partial charge on any atom is -0.507 e. The number of phenolic OH excluding ortho intramolecular Hbond substituents is 1. The highest BCUT2D eigenvalue weighted by molar-refractivity contribution is 7.87. The molecular formula is C10H7O10S3. The number of rotatable bonds is 3. The fraction of sp³-hybridized carbons (Fsp3) is 0. The number of fused-ring (bicyclic) bond motifs is 1. The van der Waals surface area contributed by atoms with Crippen LogP contribution in [0.5, 0.6) is 5.75 Å². The summed E-state index contributed by atoms with van der Waals surface area (Å²) in [5.41, 5.74) is 0. The molecule has 0 bridgehead atoms. The van der Waals surface area contributed by atoms with Crippen molar-refractivity contribution in [3.63, 3.8) is 0 Å². The van der Waals surface area contributed by atoms with Crippen LogP contribution in [0.3, 0.4) is 0 Å². The molecule has 13 heteroatoms. The quantitative estimate of drug-likeness (QED) is 0.529. The van der Waals surface area contributed by atoms with Crippen molar-refractivity contribution in [2.45, 2.75) is 14.7 Å². The smallest absolute Gasteiger partial charge is 0.295 e. The van der Waals surface area contributed by atoms with Crippen LogP contribution in [0.2, 0.25) is 0 Å². The van der Waals surface area contributed by atoms with Crippen LogP contribution in [-0.4, -0.2) is 44.0 Å².